The highest BCUT2D eigenvalue weighted by molar-refractivity contribution is 7.91. The molecule has 7 rings (SSSR count). The average molecular weight is 669 g/mol. The third-order valence-electron chi connectivity index (χ3n) is 9.82. The van der Waals surface area contributed by atoms with E-state index < -0.39 is 9.84 Å². The van der Waals surface area contributed by atoms with Gasteiger partial charge in [0.2, 0.25) is 0 Å². The molecule has 6 aromatic carbocycles. The van der Waals surface area contributed by atoms with Gasteiger partial charge in [0.15, 0.2) is 9.84 Å². The fourth-order valence-electron chi connectivity index (χ4n) is 7.33. The van der Waals surface area contributed by atoms with Crippen LogP contribution in [-0.4, -0.2) is 14.2 Å². The van der Waals surface area contributed by atoms with E-state index in [1.54, 1.807) is 11.3 Å². The summed E-state index contributed by atoms with van der Waals surface area (Å²) in [5.41, 5.74) is 2.13. The Hall–Kier alpha value is -3.99. The van der Waals surface area contributed by atoms with E-state index in [4.69, 9.17) is 0 Å². The zero-order valence-electron chi connectivity index (χ0n) is 27.9. The SMILES string of the molecule is CCCCCCCCCCCCS(=O)(=O)c1cc(-c2c3ccccc3cc3ccccc23)sc1-c1c2ccccc2cc2ccccc12. The number of sulfone groups is 1. The lowest BCUT2D eigenvalue weighted by atomic mass is 9.95. The predicted molar refractivity (Wildman–Crippen MR) is 209 cm³/mol. The van der Waals surface area contributed by atoms with Crippen LogP contribution in [0.2, 0.25) is 0 Å². The van der Waals surface area contributed by atoms with Gasteiger partial charge in [0.1, 0.15) is 0 Å². The first-order chi connectivity index (χ1) is 23.5. The second-order valence-electron chi connectivity index (χ2n) is 13.2. The van der Waals surface area contributed by atoms with Crippen LogP contribution in [0, 0.1) is 0 Å². The highest BCUT2D eigenvalue weighted by Crippen LogP contribution is 2.49. The van der Waals surface area contributed by atoms with Crippen molar-refractivity contribution >= 4 is 64.3 Å². The van der Waals surface area contributed by atoms with Gasteiger partial charge in [-0.3, -0.25) is 0 Å². The largest absolute Gasteiger partial charge is 0.224 e. The predicted octanol–water partition coefficient (Wildman–Crippen LogP) is 13.4. The summed E-state index contributed by atoms with van der Waals surface area (Å²) in [7, 11) is -3.57. The molecule has 0 amide bonds. The van der Waals surface area contributed by atoms with E-state index in [9.17, 15) is 8.42 Å². The number of rotatable bonds is 14. The van der Waals surface area contributed by atoms with Gasteiger partial charge in [-0.15, -0.1) is 11.3 Å². The molecule has 4 heteroatoms. The summed E-state index contributed by atoms with van der Waals surface area (Å²) >= 11 is 1.63. The van der Waals surface area contributed by atoms with Crippen molar-refractivity contribution in [3.8, 4) is 20.9 Å². The van der Waals surface area contributed by atoms with Gasteiger partial charge in [-0.05, 0) is 67.7 Å². The number of hydrogen-bond acceptors (Lipinski definition) is 3. The summed E-state index contributed by atoms with van der Waals surface area (Å²) in [6, 6.07) is 40.2. The third-order valence-corrected chi connectivity index (χ3v) is 12.9. The van der Waals surface area contributed by atoms with Gasteiger partial charge in [-0.1, -0.05) is 162 Å². The van der Waals surface area contributed by atoms with Gasteiger partial charge in [0.05, 0.1) is 15.5 Å². The Kier molecular flexibility index (Phi) is 9.93. The molecule has 0 fully saturated rings. The minimum absolute atomic E-state index is 0.172. The van der Waals surface area contributed by atoms with Gasteiger partial charge in [0, 0.05) is 16.0 Å². The minimum atomic E-state index is -3.57. The number of benzene rings is 6. The molecule has 2 nitrogen and oxygen atoms in total. The maximum absolute atomic E-state index is 14.5. The van der Waals surface area contributed by atoms with Crippen LogP contribution in [0.15, 0.2) is 120 Å². The molecule has 1 heterocycles. The number of fused-ring (bicyclic) bond motifs is 4. The van der Waals surface area contributed by atoms with Gasteiger partial charge < -0.3 is 0 Å². The monoisotopic (exact) mass is 668 g/mol. The van der Waals surface area contributed by atoms with Crippen molar-refractivity contribution < 1.29 is 8.42 Å². The Balaban J connectivity index is 1.33. The number of unbranched alkanes of at least 4 members (excludes halogenated alkanes) is 9. The van der Waals surface area contributed by atoms with E-state index in [2.05, 4.69) is 116 Å². The van der Waals surface area contributed by atoms with E-state index in [-0.39, 0.29) is 5.75 Å². The zero-order valence-corrected chi connectivity index (χ0v) is 29.5. The Labute approximate surface area is 289 Å². The molecule has 0 unspecified atom stereocenters. The second-order valence-corrected chi connectivity index (χ2v) is 16.3. The zero-order chi connectivity index (χ0) is 32.9. The lowest BCUT2D eigenvalue weighted by Gasteiger charge is -2.13. The molecule has 244 valence electrons. The van der Waals surface area contributed by atoms with Crippen LogP contribution < -0.4 is 0 Å². The molecule has 0 atom stereocenters. The summed E-state index contributed by atoms with van der Waals surface area (Å²) in [5.74, 6) is 0.172. The molecule has 0 aliphatic heterocycles. The first-order valence-electron chi connectivity index (χ1n) is 17.7. The third kappa shape index (κ3) is 6.66. The summed E-state index contributed by atoms with van der Waals surface area (Å²) in [6.45, 7) is 2.25. The van der Waals surface area contributed by atoms with E-state index in [1.807, 2.05) is 6.07 Å². The van der Waals surface area contributed by atoms with Gasteiger partial charge in [0.25, 0.3) is 0 Å². The van der Waals surface area contributed by atoms with Gasteiger partial charge >= 0.3 is 0 Å². The number of thiophene rings is 1. The number of hydrogen-bond donors (Lipinski definition) is 0. The Morgan fingerprint density at radius 3 is 1.33 bits per heavy atom. The smallest absolute Gasteiger partial charge is 0.179 e. The highest BCUT2D eigenvalue weighted by Gasteiger charge is 2.27. The van der Waals surface area contributed by atoms with E-state index >= 15 is 0 Å². The summed E-state index contributed by atoms with van der Waals surface area (Å²) in [6.07, 6.45) is 11.7. The molecule has 48 heavy (non-hydrogen) atoms. The van der Waals surface area contributed by atoms with Gasteiger partial charge in [-0.2, -0.15) is 0 Å². The van der Waals surface area contributed by atoms with Crippen LogP contribution >= 0.6 is 11.3 Å². The van der Waals surface area contributed by atoms with E-state index in [1.165, 1.54) is 44.9 Å². The van der Waals surface area contributed by atoms with Crippen molar-refractivity contribution in [3.63, 3.8) is 0 Å². The Bertz CT molecular complexity index is 2200. The summed E-state index contributed by atoms with van der Waals surface area (Å²) in [4.78, 5) is 2.32. The molecule has 0 bridgehead atoms. The quantitative estimate of drug-likeness (QED) is 0.0854. The van der Waals surface area contributed by atoms with Gasteiger partial charge in [-0.25, -0.2) is 8.42 Å². The van der Waals surface area contributed by atoms with Crippen molar-refractivity contribution in [1.29, 1.82) is 0 Å². The van der Waals surface area contributed by atoms with Crippen molar-refractivity contribution in [2.45, 2.75) is 76.0 Å². The van der Waals surface area contributed by atoms with Crippen LogP contribution in [-0.2, 0) is 9.84 Å². The molecule has 1 aromatic heterocycles. The average Bonchev–Trinajstić information content (AvgIpc) is 3.56. The molecule has 0 aliphatic rings. The lowest BCUT2D eigenvalue weighted by molar-refractivity contribution is 0.558. The lowest BCUT2D eigenvalue weighted by Crippen LogP contribution is -2.07. The Morgan fingerprint density at radius 1 is 0.479 bits per heavy atom. The van der Waals surface area contributed by atoms with Crippen LogP contribution in [0.25, 0.3) is 64.0 Å². The maximum Gasteiger partial charge on any atom is 0.179 e. The maximum atomic E-state index is 14.5. The normalized spacial score (nSPS) is 12.1. The van der Waals surface area contributed by atoms with Crippen molar-refractivity contribution in [3.05, 3.63) is 115 Å². The van der Waals surface area contributed by atoms with Crippen LogP contribution in [0.4, 0.5) is 0 Å². The first kappa shape index (κ1) is 32.6. The molecule has 7 aromatic rings. The van der Waals surface area contributed by atoms with Crippen molar-refractivity contribution in [2.24, 2.45) is 0 Å². The highest BCUT2D eigenvalue weighted by atomic mass is 32.2. The molecule has 0 spiro atoms. The van der Waals surface area contributed by atoms with Crippen molar-refractivity contribution in [2.75, 3.05) is 5.75 Å². The topological polar surface area (TPSA) is 34.1 Å². The summed E-state index contributed by atoms with van der Waals surface area (Å²) < 4.78 is 29.0. The summed E-state index contributed by atoms with van der Waals surface area (Å²) in [5, 5.41) is 9.02. The molecule has 0 N–H and O–H groups in total. The van der Waals surface area contributed by atoms with E-state index in [0.29, 0.717) is 11.3 Å². The molecule has 0 saturated carbocycles. The van der Waals surface area contributed by atoms with Crippen LogP contribution in [0.3, 0.4) is 0 Å². The molecule has 0 aliphatic carbocycles. The first-order valence-corrected chi connectivity index (χ1v) is 20.2. The molecular weight excluding hydrogens is 625 g/mol. The molecular formula is C44H44O2S2. The fourth-order valence-corrected chi connectivity index (χ4v) is 10.6. The molecule has 0 saturated heterocycles. The minimum Gasteiger partial charge on any atom is -0.224 e. The standard InChI is InChI=1S/C44H44O2S2/c1-2-3-4-5-6-7-8-9-10-19-28-48(45,46)41-31-40(42-36-24-15-11-20-32(36)29-33-21-12-16-25-37(33)42)47-44(41)43-38-26-17-13-22-34(38)30-35-23-14-18-27-39(35)43/h11-18,20-27,29-31H,2-10,19,28H2,1H3. The Morgan fingerprint density at radius 2 is 0.875 bits per heavy atom. The van der Waals surface area contributed by atoms with Crippen molar-refractivity contribution in [1.82, 2.24) is 0 Å². The van der Waals surface area contributed by atoms with Crippen LogP contribution in [0.1, 0.15) is 71.1 Å². The second kappa shape index (κ2) is 14.6. The van der Waals surface area contributed by atoms with E-state index in [0.717, 1.165) is 76.8 Å². The molecule has 0 radical (unpaired) electrons. The van der Waals surface area contributed by atoms with Crippen LogP contribution in [0.5, 0.6) is 0 Å². The fraction of sp³-hybridized carbons (Fsp3) is 0.273.